The highest BCUT2D eigenvalue weighted by Crippen LogP contribution is 2.45. The summed E-state index contributed by atoms with van der Waals surface area (Å²) >= 11 is 0. The van der Waals surface area contributed by atoms with Crippen molar-refractivity contribution in [3.8, 4) is 11.8 Å². The fourth-order valence-corrected chi connectivity index (χ4v) is 7.45. The number of carbonyl (C=O) groups is 4. The first-order valence-corrected chi connectivity index (χ1v) is 18.1. The van der Waals surface area contributed by atoms with E-state index in [-0.39, 0.29) is 25.3 Å². The van der Waals surface area contributed by atoms with E-state index >= 15 is 0 Å². The van der Waals surface area contributed by atoms with Gasteiger partial charge in [-0.1, -0.05) is 39.0 Å². The number of likely N-dealkylation sites (tertiary alicyclic amines) is 1. The molecule has 2 aliphatic carbocycles. The van der Waals surface area contributed by atoms with Crippen LogP contribution in [-0.4, -0.2) is 95.6 Å². The minimum absolute atomic E-state index is 0.0141. The number of aromatic nitrogens is 2. The zero-order chi connectivity index (χ0) is 36.8. The van der Waals surface area contributed by atoms with Crippen LogP contribution in [0, 0.1) is 11.3 Å². The summed E-state index contributed by atoms with van der Waals surface area (Å²) in [5, 5.41) is 14.4. The van der Waals surface area contributed by atoms with Gasteiger partial charge in [-0.3, -0.25) is 19.1 Å². The van der Waals surface area contributed by atoms with Crippen molar-refractivity contribution in [1.29, 1.82) is 0 Å². The molecular formula is C34H46N6O9S. The molecule has 2 aromatic rings. The Morgan fingerprint density at radius 2 is 1.66 bits per heavy atom. The summed E-state index contributed by atoms with van der Waals surface area (Å²) in [4.78, 5) is 56.2. The van der Waals surface area contributed by atoms with Gasteiger partial charge in [-0.15, -0.1) is 16.8 Å². The average molecular weight is 715 g/mol. The van der Waals surface area contributed by atoms with Crippen LogP contribution in [0.3, 0.4) is 0 Å². The van der Waals surface area contributed by atoms with Gasteiger partial charge in [0.1, 0.15) is 29.3 Å². The van der Waals surface area contributed by atoms with Crippen LogP contribution in [0.2, 0.25) is 0 Å². The van der Waals surface area contributed by atoms with Crippen molar-refractivity contribution in [1.82, 2.24) is 30.5 Å². The van der Waals surface area contributed by atoms with E-state index in [9.17, 15) is 27.6 Å². The fraction of sp³-hybridized carbons (Fsp3) is 0.588. The maximum absolute atomic E-state index is 14.4. The number of benzene rings is 1. The topological polar surface area (TPSA) is 195 Å². The Bertz CT molecular complexity index is 1800. The van der Waals surface area contributed by atoms with Crippen LogP contribution < -0.4 is 24.8 Å². The van der Waals surface area contributed by atoms with Gasteiger partial charge in [0.05, 0.1) is 29.7 Å². The third-order valence-corrected chi connectivity index (χ3v) is 10.8. The largest absolute Gasteiger partial charge is 0.479 e. The molecule has 4 amide bonds. The first-order chi connectivity index (χ1) is 23.3. The number of ether oxygens (including phenoxy) is 3. The van der Waals surface area contributed by atoms with Gasteiger partial charge in [-0.2, -0.15) is 0 Å². The first-order valence-electron chi connectivity index (χ1n) is 16.6. The van der Waals surface area contributed by atoms with E-state index in [4.69, 9.17) is 14.2 Å². The second kappa shape index (κ2) is 13.3. The van der Waals surface area contributed by atoms with Crippen LogP contribution in [0.5, 0.6) is 11.8 Å². The normalized spacial score (nSPS) is 24.1. The molecule has 1 aromatic carbocycles. The second-order valence-corrected chi connectivity index (χ2v) is 17.1. The lowest BCUT2D eigenvalue weighted by Crippen LogP contribution is -2.60. The highest BCUT2D eigenvalue weighted by atomic mass is 32.2. The van der Waals surface area contributed by atoms with Crippen molar-refractivity contribution in [3.05, 3.63) is 36.9 Å². The minimum Gasteiger partial charge on any atom is -0.479 e. The zero-order valence-electron chi connectivity index (χ0n) is 29.4. The molecule has 2 heterocycles. The molecule has 3 fully saturated rings. The lowest BCUT2D eigenvalue weighted by Gasteiger charge is -2.36. The third-order valence-electron chi connectivity index (χ3n) is 8.96. The van der Waals surface area contributed by atoms with Crippen LogP contribution in [0.25, 0.3) is 10.8 Å². The van der Waals surface area contributed by atoms with Crippen LogP contribution in [-0.2, 0) is 29.1 Å². The van der Waals surface area contributed by atoms with Gasteiger partial charge < -0.3 is 29.7 Å². The summed E-state index contributed by atoms with van der Waals surface area (Å²) in [5.41, 5.74) is -3.22. The van der Waals surface area contributed by atoms with Gasteiger partial charge in [-0.05, 0) is 57.6 Å². The number of sulfonamides is 1. The predicted molar refractivity (Wildman–Crippen MR) is 182 cm³/mol. The molecule has 50 heavy (non-hydrogen) atoms. The molecule has 1 saturated heterocycles. The molecule has 272 valence electrons. The Labute approximate surface area is 291 Å². The number of hydrogen-bond acceptors (Lipinski definition) is 11. The van der Waals surface area contributed by atoms with Crippen molar-refractivity contribution < 1.29 is 41.8 Å². The molecule has 3 aliphatic rings. The molecule has 5 rings (SSSR count). The molecular weight excluding hydrogens is 668 g/mol. The third kappa shape index (κ3) is 7.79. The highest BCUT2D eigenvalue weighted by Gasteiger charge is 2.62. The van der Waals surface area contributed by atoms with Crippen molar-refractivity contribution in [2.75, 3.05) is 13.7 Å². The number of rotatable bonds is 11. The van der Waals surface area contributed by atoms with Crippen LogP contribution in [0.1, 0.15) is 67.2 Å². The Morgan fingerprint density at radius 1 is 1.04 bits per heavy atom. The number of methoxy groups -OCH3 is 1. The van der Waals surface area contributed by atoms with E-state index in [1.165, 1.54) is 18.1 Å². The molecule has 0 spiro atoms. The number of nitrogens with one attached hydrogen (secondary N) is 3. The molecule has 5 atom stereocenters. The molecule has 0 bridgehead atoms. The van der Waals surface area contributed by atoms with E-state index in [1.54, 1.807) is 59.7 Å². The minimum atomic E-state index is -3.90. The first kappa shape index (κ1) is 36.8. The standard InChI is InChI=1S/C34H46N6O9S/c1-9-19-17-34(19,30(43)39-50(45,46)21-14-15-21)36-26(41)24-16-20(48-28-23-13-11-10-12-22(23)27(47-8)37-38-28)18-40(24)29(42)25(32(2,3)4)35-31(44)49-33(5,6)7/h9-13,19-21,24-25H,1,14-18H2,2-8H3,(H,35,44)(H,36,41)(H,39,43)/t19?,20-,24+,25?,34-/m1/s1. The van der Waals surface area contributed by atoms with Crippen molar-refractivity contribution in [2.45, 2.75) is 102 Å². The second-order valence-electron chi connectivity index (χ2n) is 15.2. The number of alkyl carbamates (subject to hydrolysis) is 1. The Morgan fingerprint density at radius 3 is 2.20 bits per heavy atom. The Hall–Kier alpha value is -4.47. The van der Waals surface area contributed by atoms with E-state index in [2.05, 4.69) is 32.1 Å². The average Bonchev–Trinajstić information content (AvgIpc) is 3.95. The van der Waals surface area contributed by atoms with Crippen molar-refractivity contribution in [3.63, 3.8) is 0 Å². The maximum atomic E-state index is 14.4. The van der Waals surface area contributed by atoms with Crippen LogP contribution in [0.4, 0.5) is 4.79 Å². The maximum Gasteiger partial charge on any atom is 0.408 e. The fourth-order valence-electron chi connectivity index (χ4n) is 6.08. The summed E-state index contributed by atoms with van der Waals surface area (Å²) in [6.45, 7) is 14.1. The number of fused-ring (bicyclic) bond motifs is 1. The van der Waals surface area contributed by atoms with Gasteiger partial charge >= 0.3 is 6.09 Å². The summed E-state index contributed by atoms with van der Waals surface area (Å²) in [7, 11) is -2.43. The van der Waals surface area contributed by atoms with Gasteiger partial charge in [0.2, 0.25) is 33.6 Å². The van der Waals surface area contributed by atoms with Crippen LogP contribution >= 0.6 is 0 Å². The SMILES string of the molecule is C=CC1C[C@]1(NC(=O)[C@@H]1C[C@@H](Oc2nnc(OC)c3ccccc23)CN1C(=O)C(NC(=O)OC(C)(C)C)C(C)(C)C)C(=O)NS(=O)(=O)C1CC1. The summed E-state index contributed by atoms with van der Waals surface area (Å²) in [5.74, 6) is -2.20. The Kier molecular flexibility index (Phi) is 9.82. The zero-order valence-corrected chi connectivity index (χ0v) is 30.3. The molecule has 2 unspecified atom stereocenters. The van der Waals surface area contributed by atoms with Crippen LogP contribution in [0.15, 0.2) is 36.9 Å². The van der Waals surface area contributed by atoms with E-state index in [0.717, 1.165) is 0 Å². The van der Waals surface area contributed by atoms with Gasteiger partial charge in [0, 0.05) is 12.3 Å². The highest BCUT2D eigenvalue weighted by molar-refractivity contribution is 7.91. The molecule has 15 nitrogen and oxygen atoms in total. The number of hydrogen-bond donors (Lipinski definition) is 3. The van der Waals surface area contributed by atoms with Crippen molar-refractivity contribution in [2.24, 2.45) is 11.3 Å². The van der Waals surface area contributed by atoms with E-state index in [0.29, 0.717) is 29.5 Å². The summed E-state index contributed by atoms with van der Waals surface area (Å²) in [6, 6.07) is 4.89. The number of nitrogens with zero attached hydrogens (tertiary/aromatic N) is 3. The monoisotopic (exact) mass is 714 g/mol. The molecule has 1 aliphatic heterocycles. The molecule has 0 radical (unpaired) electrons. The van der Waals surface area contributed by atoms with E-state index < -0.39 is 79.7 Å². The molecule has 3 N–H and O–H groups in total. The lowest BCUT2D eigenvalue weighted by atomic mass is 9.85. The van der Waals surface area contributed by atoms with Gasteiger partial charge in [0.15, 0.2) is 0 Å². The van der Waals surface area contributed by atoms with E-state index in [1.807, 2.05) is 6.07 Å². The number of carbonyl (C=O) groups excluding carboxylic acids is 4. The van der Waals surface area contributed by atoms with Gasteiger partial charge in [-0.25, -0.2) is 13.2 Å². The predicted octanol–water partition coefficient (Wildman–Crippen LogP) is 2.60. The Balaban J connectivity index is 1.45. The quantitative estimate of drug-likeness (QED) is 0.290. The van der Waals surface area contributed by atoms with Gasteiger partial charge in [0.25, 0.3) is 5.91 Å². The molecule has 1 aromatic heterocycles. The molecule has 2 saturated carbocycles. The smallest absolute Gasteiger partial charge is 0.408 e. The van der Waals surface area contributed by atoms with Crippen molar-refractivity contribution >= 4 is 44.6 Å². The summed E-state index contributed by atoms with van der Waals surface area (Å²) < 4.78 is 44.5. The number of amides is 4. The molecule has 16 heteroatoms. The lowest BCUT2D eigenvalue weighted by molar-refractivity contribution is -0.143. The summed E-state index contributed by atoms with van der Waals surface area (Å²) in [6.07, 6.45) is 0.935.